The van der Waals surface area contributed by atoms with E-state index in [4.69, 9.17) is 24.1 Å². The van der Waals surface area contributed by atoms with Crippen molar-refractivity contribution >= 4 is 17.7 Å². The second-order valence-electron chi connectivity index (χ2n) is 7.13. The SMILES string of the molecule is CCC(SC[C@@H]1O[C@@H](O[C@H]2[C@H](O)[C@H](O)[C@H](OC)O[C@H]2CO)[C@@H](O)[C@@H](O)[C@H]1O)C(=O)O. The first-order chi connectivity index (χ1) is 14.2. The topological polar surface area (TPSA) is 196 Å². The quantitative estimate of drug-likeness (QED) is 0.183. The zero-order valence-electron chi connectivity index (χ0n) is 16.6. The van der Waals surface area contributed by atoms with Crippen molar-refractivity contribution in [2.24, 2.45) is 0 Å². The Balaban J connectivity index is 2.10. The van der Waals surface area contributed by atoms with E-state index in [2.05, 4.69) is 0 Å². The number of thioether (sulfide) groups is 1. The summed E-state index contributed by atoms with van der Waals surface area (Å²) >= 11 is 0.997. The van der Waals surface area contributed by atoms with Crippen LogP contribution >= 0.6 is 11.8 Å². The van der Waals surface area contributed by atoms with E-state index in [1.807, 2.05) is 0 Å². The molecular formula is C17H30O12S. The van der Waals surface area contributed by atoms with Crippen LogP contribution in [0, 0.1) is 0 Å². The minimum atomic E-state index is -1.72. The van der Waals surface area contributed by atoms with E-state index in [1.165, 1.54) is 7.11 Å². The molecule has 0 spiro atoms. The lowest BCUT2D eigenvalue weighted by atomic mass is 9.97. The molecule has 0 aromatic carbocycles. The van der Waals surface area contributed by atoms with E-state index in [0.717, 1.165) is 11.8 Å². The summed E-state index contributed by atoms with van der Waals surface area (Å²) in [6.07, 6.45) is -14.0. The lowest BCUT2D eigenvalue weighted by molar-refractivity contribution is -0.353. The van der Waals surface area contributed by atoms with E-state index in [9.17, 15) is 35.4 Å². The predicted octanol–water partition coefficient (Wildman–Crippen LogP) is -3.14. The average Bonchev–Trinajstić information content (AvgIpc) is 2.72. The molecule has 2 heterocycles. The Labute approximate surface area is 177 Å². The van der Waals surface area contributed by atoms with Crippen LogP contribution in [0.1, 0.15) is 13.3 Å². The molecule has 0 aromatic rings. The van der Waals surface area contributed by atoms with Gasteiger partial charge in [-0.15, -0.1) is 11.8 Å². The van der Waals surface area contributed by atoms with Crippen LogP contribution in [0.25, 0.3) is 0 Å². The van der Waals surface area contributed by atoms with Gasteiger partial charge < -0.3 is 54.7 Å². The Morgan fingerprint density at radius 2 is 1.57 bits per heavy atom. The number of aliphatic carboxylic acids is 1. The van der Waals surface area contributed by atoms with Crippen molar-refractivity contribution in [3.05, 3.63) is 0 Å². The molecule has 12 nitrogen and oxygen atoms in total. The molecule has 0 radical (unpaired) electrons. The van der Waals surface area contributed by atoms with Gasteiger partial charge in [-0.05, 0) is 6.42 Å². The smallest absolute Gasteiger partial charge is 0.316 e. The summed E-state index contributed by atoms with van der Waals surface area (Å²) in [5, 5.41) is 69.0. The fourth-order valence-electron chi connectivity index (χ4n) is 3.31. The molecule has 0 aliphatic carbocycles. The minimum absolute atomic E-state index is 0.0167. The Bertz CT molecular complexity index is 551. The van der Waals surface area contributed by atoms with Gasteiger partial charge in [-0.2, -0.15) is 0 Å². The average molecular weight is 458 g/mol. The van der Waals surface area contributed by atoms with E-state index >= 15 is 0 Å². The van der Waals surface area contributed by atoms with Crippen LogP contribution in [-0.2, 0) is 23.7 Å². The Hall–Kier alpha value is -0.580. The van der Waals surface area contributed by atoms with E-state index in [1.54, 1.807) is 6.92 Å². The van der Waals surface area contributed by atoms with Crippen LogP contribution in [0.5, 0.6) is 0 Å². The van der Waals surface area contributed by atoms with Crippen LogP contribution in [0.4, 0.5) is 0 Å². The summed E-state index contributed by atoms with van der Waals surface area (Å²) in [4.78, 5) is 11.2. The molecule has 0 bridgehead atoms. The summed E-state index contributed by atoms with van der Waals surface area (Å²) in [5.41, 5.74) is 0. The van der Waals surface area contributed by atoms with Crippen LogP contribution in [-0.4, -0.2) is 128 Å². The lowest BCUT2D eigenvalue weighted by Gasteiger charge is -2.46. The molecule has 11 atom stereocenters. The number of carboxylic acids is 1. The Morgan fingerprint density at radius 3 is 2.10 bits per heavy atom. The van der Waals surface area contributed by atoms with Crippen molar-refractivity contribution in [1.82, 2.24) is 0 Å². The van der Waals surface area contributed by atoms with Gasteiger partial charge in [0.2, 0.25) is 0 Å². The standard InChI is InChI=1S/C17H30O12S/c1-3-8(15(24)25)30-5-7-9(19)10(20)12(22)17(28-7)29-14-6(4-18)27-16(26-2)13(23)11(14)21/h6-14,16-23H,3-5H2,1-2H3,(H,24,25)/t6-,7-,8?,9-,10-,11+,12-,13-,14+,16+,17-/m0/s1. The van der Waals surface area contributed by atoms with Gasteiger partial charge in [-0.25, -0.2) is 0 Å². The Kier molecular flexibility index (Phi) is 9.70. The number of ether oxygens (including phenoxy) is 4. The van der Waals surface area contributed by atoms with Crippen molar-refractivity contribution in [3.63, 3.8) is 0 Å². The van der Waals surface area contributed by atoms with Crippen LogP contribution in [0.15, 0.2) is 0 Å². The summed E-state index contributed by atoms with van der Waals surface area (Å²) in [5.74, 6) is -1.05. The zero-order chi connectivity index (χ0) is 22.6. The minimum Gasteiger partial charge on any atom is -0.480 e. The summed E-state index contributed by atoms with van der Waals surface area (Å²) < 4.78 is 21.3. The van der Waals surface area contributed by atoms with Crippen molar-refractivity contribution < 1.29 is 59.5 Å². The monoisotopic (exact) mass is 458 g/mol. The first-order valence-corrected chi connectivity index (χ1v) is 10.6. The second-order valence-corrected chi connectivity index (χ2v) is 8.36. The molecule has 2 saturated heterocycles. The van der Waals surface area contributed by atoms with Gasteiger partial charge in [0.05, 0.1) is 12.7 Å². The highest BCUT2D eigenvalue weighted by Crippen LogP contribution is 2.31. The van der Waals surface area contributed by atoms with Gasteiger partial charge in [-0.3, -0.25) is 4.79 Å². The number of hydrogen-bond acceptors (Lipinski definition) is 12. The second kappa shape index (κ2) is 11.3. The fourth-order valence-corrected chi connectivity index (χ4v) is 4.39. The van der Waals surface area contributed by atoms with Gasteiger partial charge in [0, 0.05) is 12.9 Å². The maximum Gasteiger partial charge on any atom is 0.316 e. The van der Waals surface area contributed by atoms with Crippen molar-refractivity contribution in [2.45, 2.75) is 80.0 Å². The number of aliphatic hydroxyl groups excluding tert-OH is 6. The third-order valence-electron chi connectivity index (χ3n) is 5.12. The fraction of sp³-hybridized carbons (Fsp3) is 0.941. The highest BCUT2D eigenvalue weighted by atomic mass is 32.2. The maximum atomic E-state index is 11.2. The van der Waals surface area contributed by atoms with Gasteiger partial charge in [0.25, 0.3) is 0 Å². The van der Waals surface area contributed by atoms with Gasteiger partial charge in [-0.1, -0.05) is 6.92 Å². The largest absolute Gasteiger partial charge is 0.480 e. The molecule has 2 rings (SSSR count). The highest BCUT2D eigenvalue weighted by molar-refractivity contribution is 8.00. The molecule has 176 valence electrons. The van der Waals surface area contributed by atoms with Crippen molar-refractivity contribution in [1.29, 1.82) is 0 Å². The third-order valence-corrected chi connectivity index (χ3v) is 6.58. The Morgan fingerprint density at radius 1 is 0.967 bits per heavy atom. The highest BCUT2D eigenvalue weighted by Gasteiger charge is 2.50. The van der Waals surface area contributed by atoms with Crippen LogP contribution in [0.2, 0.25) is 0 Å². The summed E-state index contributed by atoms with van der Waals surface area (Å²) in [7, 11) is 1.24. The maximum absolute atomic E-state index is 11.2. The molecule has 30 heavy (non-hydrogen) atoms. The van der Waals surface area contributed by atoms with Gasteiger partial charge in [0.15, 0.2) is 12.6 Å². The van der Waals surface area contributed by atoms with E-state index in [-0.39, 0.29) is 5.75 Å². The zero-order valence-corrected chi connectivity index (χ0v) is 17.4. The molecule has 2 aliphatic heterocycles. The first kappa shape index (κ1) is 25.7. The van der Waals surface area contributed by atoms with Gasteiger partial charge in [0.1, 0.15) is 48.0 Å². The molecule has 0 saturated carbocycles. The first-order valence-electron chi connectivity index (χ1n) is 9.50. The van der Waals surface area contributed by atoms with Gasteiger partial charge >= 0.3 is 5.97 Å². The number of hydrogen-bond donors (Lipinski definition) is 7. The molecule has 0 aromatic heterocycles. The van der Waals surface area contributed by atoms with E-state index < -0.39 is 79.2 Å². The normalized spacial score (nSPS) is 43.3. The van der Waals surface area contributed by atoms with E-state index in [0.29, 0.717) is 6.42 Å². The summed E-state index contributed by atoms with van der Waals surface area (Å²) in [6.45, 7) is 1.07. The summed E-state index contributed by atoms with van der Waals surface area (Å²) in [6, 6.07) is 0. The number of rotatable bonds is 9. The molecular weight excluding hydrogens is 428 g/mol. The molecule has 1 unspecified atom stereocenters. The number of aliphatic hydroxyl groups is 6. The molecule has 2 fully saturated rings. The third kappa shape index (κ3) is 5.61. The van der Waals surface area contributed by atoms with Crippen molar-refractivity contribution in [3.8, 4) is 0 Å². The molecule has 13 heteroatoms. The number of carbonyl (C=O) groups is 1. The van der Waals surface area contributed by atoms with Crippen LogP contribution in [0.3, 0.4) is 0 Å². The van der Waals surface area contributed by atoms with Crippen molar-refractivity contribution in [2.75, 3.05) is 19.5 Å². The number of carboxylic acid groups (broad SMARTS) is 1. The lowest BCUT2D eigenvalue weighted by Crippen LogP contribution is -2.64. The predicted molar refractivity (Wildman–Crippen MR) is 100 cm³/mol. The van der Waals surface area contributed by atoms with Crippen LogP contribution < -0.4 is 0 Å². The molecule has 2 aliphatic rings. The molecule has 0 amide bonds. The molecule has 7 N–H and O–H groups in total. The number of methoxy groups -OCH3 is 1.